The number of nitrogens with zero attached hydrogens (tertiary/aromatic N) is 2. The van der Waals surface area contributed by atoms with Crippen LogP contribution in [0.1, 0.15) is 6.42 Å². The first kappa shape index (κ1) is 17.7. The lowest BCUT2D eigenvalue weighted by atomic mass is 10.1. The van der Waals surface area contributed by atoms with Crippen molar-refractivity contribution >= 4 is 12.4 Å². The van der Waals surface area contributed by atoms with Gasteiger partial charge in [0.05, 0.1) is 18.4 Å². The van der Waals surface area contributed by atoms with Crippen LogP contribution in [0.2, 0.25) is 0 Å². The zero-order chi connectivity index (χ0) is 17.4. The Labute approximate surface area is 139 Å². The monoisotopic (exact) mass is 334 g/mol. The van der Waals surface area contributed by atoms with E-state index in [9.17, 15) is 8.78 Å². The van der Waals surface area contributed by atoms with Crippen molar-refractivity contribution < 1.29 is 13.5 Å². The SMILES string of the molecule is C=N/C=C\N=C1C=CC(CNC2=CNCC(C(F)F)=C2OC)=CC1. The molecule has 0 bridgehead atoms. The Hall–Kier alpha value is -2.70. The maximum Gasteiger partial charge on any atom is 0.265 e. The van der Waals surface area contributed by atoms with Crippen LogP contribution >= 0.6 is 0 Å². The van der Waals surface area contributed by atoms with Gasteiger partial charge in [-0.25, -0.2) is 8.78 Å². The molecule has 0 amide bonds. The van der Waals surface area contributed by atoms with Crippen LogP contribution in [0.15, 0.2) is 69.4 Å². The third kappa shape index (κ3) is 4.65. The molecule has 0 saturated heterocycles. The molecule has 0 aromatic heterocycles. The second kappa shape index (κ2) is 8.81. The Morgan fingerprint density at radius 2 is 2.25 bits per heavy atom. The molecule has 7 heteroatoms. The predicted octanol–water partition coefficient (Wildman–Crippen LogP) is 2.69. The van der Waals surface area contributed by atoms with Crippen molar-refractivity contribution in [2.45, 2.75) is 12.8 Å². The van der Waals surface area contributed by atoms with Gasteiger partial charge in [0.25, 0.3) is 6.43 Å². The molecular weight excluding hydrogens is 314 g/mol. The number of hydrogen-bond acceptors (Lipinski definition) is 5. The lowest BCUT2D eigenvalue weighted by Gasteiger charge is -2.23. The number of alkyl halides is 2. The normalized spacial score (nSPS) is 19.4. The number of allylic oxidation sites excluding steroid dienone is 2. The number of hydrogen-bond donors (Lipinski definition) is 2. The molecule has 0 radical (unpaired) electrons. The van der Waals surface area contributed by atoms with Gasteiger partial charge in [-0.3, -0.25) is 9.98 Å². The smallest absolute Gasteiger partial charge is 0.265 e. The topological polar surface area (TPSA) is 58.0 Å². The van der Waals surface area contributed by atoms with Crippen LogP contribution in [0.3, 0.4) is 0 Å². The summed E-state index contributed by atoms with van der Waals surface area (Å²) in [7, 11) is 1.40. The molecule has 0 spiro atoms. The van der Waals surface area contributed by atoms with Crippen molar-refractivity contribution in [3.63, 3.8) is 0 Å². The zero-order valence-electron chi connectivity index (χ0n) is 13.4. The number of nitrogens with one attached hydrogen (secondary N) is 2. The average molecular weight is 334 g/mol. The number of aliphatic imine (C=N–C) groups is 2. The molecular formula is C17H20F2N4O. The van der Waals surface area contributed by atoms with Crippen molar-refractivity contribution in [3.8, 4) is 0 Å². The van der Waals surface area contributed by atoms with Crippen molar-refractivity contribution in [1.82, 2.24) is 10.6 Å². The molecule has 0 saturated carbocycles. The van der Waals surface area contributed by atoms with Crippen molar-refractivity contribution in [1.29, 1.82) is 0 Å². The molecule has 0 unspecified atom stereocenters. The molecule has 0 fully saturated rings. The lowest BCUT2D eigenvalue weighted by Crippen LogP contribution is -2.30. The summed E-state index contributed by atoms with van der Waals surface area (Å²) < 4.78 is 31.2. The fourth-order valence-electron chi connectivity index (χ4n) is 2.31. The first-order chi connectivity index (χ1) is 11.7. The van der Waals surface area contributed by atoms with E-state index in [0.29, 0.717) is 18.7 Å². The molecule has 2 aliphatic rings. The van der Waals surface area contributed by atoms with Gasteiger partial charge in [-0.05, 0) is 18.4 Å². The fourth-order valence-corrected chi connectivity index (χ4v) is 2.31. The van der Waals surface area contributed by atoms with Gasteiger partial charge in [-0.2, -0.15) is 0 Å². The first-order valence-corrected chi connectivity index (χ1v) is 7.43. The number of halogens is 2. The Balaban J connectivity index is 1.96. The summed E-state index contributed by atoms with van der Waals surface area (Å²) in [6.07, 6.45) is 8.78. The van der Waals surface area contributed by atoms with E-state index < -0.39 is 6.43 Å². The maximum atomic E-state index is 13.0. The summed E-state index contributed by atoms with van der Waals surface area (Å²) in [5, 5.41) is 5.96. The fraction of sp³-hybridized carbons (Fsp3) is 0.294. The summed E-state index contributed by atoms with van der Waals surface area (Å²) in [4.78, 5) is 7.81. The molecule has 1 aliphatic heterocycles. The van der Waals surface area contributed by atoms with Crippen molar-refractivity contribution in [2.75, 3.05) is 20.2 Å². The van der Waals surface area contributed by atoms with Crippen LogP contribution in [0, 0.1) is 0 Å². The van der Waals surface area contributed by atoms with E-state index >= 15 is 0 Å². The Morgan fingerprint density at radius 3 is 2.88 bits per heavy atom. The van der Waals surface area contributed by atoms with E-state index in [4.69, 9.17) is 4.74 Å². The summed E-state index contributed by atoms with van der Waals surface area (Å²) in [5.74, 6) is 0.202. The van der Waals surface area contributed by atoms with Crippen LogP contribution in [0.4, 0.5) is 8.78 Å². The Morgan fingerprint density at radius 1 is 1.42 bits per heavy atom. The molecule has 5 nitrogen and oxygen atoms in total. The molecule has 1 aliphatic carbocycles. The van der Waals surface area contributed by atoms with Gasteiger partial charge in [0.15, 0.2) is 0 Å². The van der Waals surface area contributed by atoms with Crippen LogP contribution in [-0.4, -0.2) is 39.1 Å². The highest BCUT2D eigenvalue weighted by Crippen LogP contribution is 2.22. The minimum absolute atomic E-state index is 0.0484. The minimum atomic E-state index is -2.55. The second-order valence-corrected chi connectivity index (χ2v) is 5.07. The highest BCUT2D eigenvalue weighted by atomic mass is 19.3. The van der Waals surface area contributed by atoms with E-state index in [1.54, 1.807) is 12.4 Å². The largest absolute Gasteiger partial charge is 0.494 e. The van der Waals surface area contributed by atoms with Gasteiger partial charge in [0, 0.05) is 43.8 Å². The van der Waals surface area contributed by atoms with E-state index in [1.807, 2.05) is 18.2 Å². The second-order valence-electron chi connectivity index (χ2n) is 5.07. The van der Waals surface area contributed by atoms with Gasteiger partial charge < -0.3 is 15.4 Å². The lowest BCUT2D eigenvalue weighted by molar-refractivity contribution is 0.171. The van der Waals surface area contributed by atoms with Crippen LogP contribution in [0.5, 0.6) is 0 Å². The van der Waals surface area contributed by atoms with Crippen LogP contribution in [0.25, 0.3) is 0 Å². The average Bonchev–Trinajstić information content (AvgIpc) is 2.60. The third-order valence-corrected chi connectivity index (χ3v) is 3.50. The summed E-state index contributed by atoms with van der Waals surface area (Å²) in [6.45, 7) is 3.93. The molecule has 2 rings (SSSR count). The molecule has 0 aromatic carbocycles. The predicted molar refractivity (Wildman–Crippen MR) is 92.1 cm³/mol. The van der Waals surface area contributed by atoms with Crippen molar-refractivity contribution in [2.24, 2.45) is 9.98 Å². The van der Waals surface area contributed by atoms with Crippen LogP contribution in [-0.2, 0) is 4.74 Å². The molecule has 2 N–H and O–H groups in total. The van der Waals surface area contributed by atoms with Gasteiger partial charge in [-0.1, -0.05) is 12.2 Å². The number of methoxy groups -OCH3 is 1. The van der Waals surface area contributed by atoms with E-state index in [2.05, 4.69) is 27.3 Å². The summed E-state index contributed by atoms with van der Waals surface area (Å²) >= 11 is 0. The molecule has 0 atom stereocenters. The molecule has 1 heterocycles. The molecule has 24 heavy (non-hydrogen) atoms. The zero-order valence-corrected chi connectivity index (χ0v) is 13.4. The highest BCUT2D eigenvalue weighted by Gasteiger charge is 2.23. The number of ether oxygens (including phenoxy) is 1. The third-order valence-electron chi connectivity index (χ3n) is 3.50. The van der Waals surface area contributed by atoms with Gasteiger partial charge in [-0.15, -0.1) is 0 Å². The molecule has 0 aromatic rings. The van der Waals surface area contributed by atoms with Gasteiger partial charge in [0.1, 0.15) is 5.76 Å². The number of rotatable bonds is 7. The van der Waals surface area contributed by atoms with E-state index in [-0.39, 0.29) is 17.9 Å². The van der Waals surface area contributed by atoms with E-state index in [0.717, 1.165) is 11.3 Å². The van der Waals surface area contributed by atoms with E-state index in [1.165, 1.54) is 13.3 Å². The van der Waals surface area contributed by atoms with Crippen molar-refractivity contribution in [3.05, 3.63) is 59.4 Å². The maximum absolute atomic E-state index is 13.0. The minimum Gasteiger partial charge on any atom is -0.494 e. The Bertz CT molecular complexity index is 658. The standard InChI is InChI=1S/C17H20F2N4O/c1-20-7-8-22-13-5-3-12(4-6-13)9-23-15-11-21-10-14(17(18)19)16(15)24-2/h3-5,7-8,11,17,21,23H,1,6,9-10H2,2H3/b8-7-,22-13?. The first-order valence-electron chi connectivity index (χ1n) is 7.43. The van der Waals surface area contributed by atoms with Crippen LogP contribution < -0.4 is 10.6 Å². The van der Waals surface area contributed by atoms with Gasteiger partial charge in [0.2, 0.25) is 0 Å². The van der Waals surface area contributed by atoms with Gasteiger partial charge >= 0.3 is 0 Å². The number of dihydropyridines is 1. The Kier molecular flexibility index (Phi) is 6.48. The molecule has 128 valence electrons. The summed E-state index contributed by atoms with van der Waals surface area (Å²) in [5.41, 5.74) is 2.43. The highest BCUT2D eigenvalue weighted by molar-refractivity contribution is 5.98. The summed E-state index contributed by atoms with van der Waals surface area (Å²) in [6, 6.07) is 0. The quantitative estimate of drug-likeness (QED) is 0.704.